The van der Waals surface area contributed by atoms with Crippen LogP contribution in [0.4, 0.5) is 0 Å². The van der Waals surface area contributed by atoms with E-state index in [1.165, 1.54) is 4.57 Å². The summed E-state index contributed by atoms with van der Waals surface area (Å²) in [5, 5.41) is 9.97. The van der Waals surface area contributed by atoms with Crippen molar-refractivity contribution >= 4 is 16.9 Å². The summed E-state index contributed by atoms with van der Waals surface area (Å²) in [5.41, 5.74) is 2.69. The molecule has 4 heteroatoms. The first-order chi connectivity index (χ1) is 8.34. The van der Waals surface area contributed by atoms with E-state index in [1.54, 1.807) is 14.0 Å². The number of hydrogen-bond acceptors (Lipinski definition) is 2. The molecule has 1 heterocycles. The van der Waals surface area contributed by atoms with Gasteiger partial charge >= 0.3 is 5.97 Å². The molecule has 2 aromatic rings. The van der Waals surface area contributed by atoms with Crippen molar-refractivity contribution in [3.8, 4) is 0 Å². The Morgan fingerprint density at radius 3 is 2.39 bits per heavy atom. The molecule has 0 radical (unpaired) electrons. The Bertz CT molecular complexity index is 726. The third-order valence-corrected chi connectivity index (χ3v) is 3.28. The number of aromatic carboxylic acids is 1. The Balaban J connectivity index is 3.18. The van der Waals surface area contributed by atoms with Crippen LogP contribution in [0.15, 0.2) is 16.9 Å². The molecule has 0 aliphatic carbocycles. The molecular formula is C14H15NO3. The highest BCUT2D eigenvalue weighted by atomic mass is 16.4. The zero-order valence-electron chi connectivity index (χ0n) is 10.9. The number of nitrogens with zero attached hydrogens (tertiary/aromatic N) is 1. The number of aryl methyl sites for hydroxylation is 3. The Morgan fingerprint density at radius 1 is 1.22 bits per heavy atom. The molecule has 0 atom stereocenters. The predicted octanol–water partition coefficient (Wildman–Crippen LogP) is 2.16. The molecule has 4 nitrogen and oxygen atoms in total. The second kappa shape index (κ2) is 3.98. The van der Waals surface area contributed by atoms with E-state index in [0.29, 0.717) is 10.9 Å². The Labute approximate surface area is 104 Å². The van der Waals surface area contributed by atoms with Crippen LogP contribution in [0, 0.1) is 20.8 Å². The van der Waals surface area contributed by atoms with Gasteiger partial charge in [0.1, 0.15) is 0 Å². The maximum Gasteiger partial charge on any atom is 0.336 e. The molecule has 0 saturated carbocycles. The highest BCUT2D eigenvalue weighted by Gasteiger charge is 2.19. The van der Waals surface area contributed by atoms with Gasteiger partial charge in [-0.1, -0.05) is 6.07 Å². The van der Waals surface area contributed by atoms with Crippen LogP contribution in [0.2, 0.25) is 0 Å². The monoisotopic (exact) mass is 245 g/mol. The minimum absolute atomic E-state index is 0.116. The quantitative estimate of drug-likeness (QED) is 0.837. The maximum atomic E-state index is 12.0. The summed E-state index contributed by atoms with van der Waals surface area (Å²) in [6, 6.07) is 3.77. The zero-order chi connectivity index (χ0) is 13.6. The van der Waals surface area contributed by atoms with Gasteiger partial charge < -0.3 is 9.67 Å². The number of aromatic nitrogens is 1. The van der Waals surface area contributed by atoms with E-state index in [9.17, 15) is 14.7 Å². The topological polar surface area (TPSA) is 59.3 Å². The second-order valence-electron chi connectivity index (χ2n) is 4.65. The lowest BCUT2D eigenvalue weighted by Crippen LogP contribution is -2.23. The number of rotatable bonds is 1. The highest BCUT2D eigenvalue weighted by Crippen LogP contribution is 2.24. The van der Waals surface area contributed by atoms with Gasteiger partial charge in [-0.15, -0.1) is 0 Å². The van der Waals surface area contributed by atoms with Gasteiger partial charge in [0, 0.05) is 18.0 Å². The van der Waals surface area contributed by atoms with Crippen LogP contribution in [0.1, 0.15) is 27.0 Å². The average molecular weight is 245 g/mol. The first-order valence-electron chi connectivity index (χ1n) is 5.68. The Hall–Kier alpha value is -2.10. The molecule has 18 heavy (non-hydrogen) atoms. The van der Waals surface area contributed by atoms with Gasteiger partial charge in [-0.3, -0.25) is 4.79 Å². The first-order valence-corrected chi connectivity index (χ1v) is 5.68. The van der Waals surface area contributed by atoms with Gasteiger partial charge in [0.2, 0.25) is 0 Å². The molecule has 0 aliphatic heterocycles. The molecule has 2 rings (SSSR count). The van der Waals surface area contributed by atoms with E-state index >= 15 is 0 Å². The van der Waals surface area contributed by atoms with Crippen molar-refractivity contribution in [2.24, 2.45) is 7.05 Å². The fraction of sp³-hybridized carbons (Fsp3) is 0.286. The summed E-state index contributed by atoms with van der Waals surface area (Å²) in [6.45, 7) is 5.35. The number of fused-ring (bicyclic) bond motifs is 1. The number of pyridine rings is 1. The van der Waals surface area contributed by atoms with Crippen LogP contribution in [0.5, 0.6) is 0 Å². The number of hydrogen-bond donors (Lipinski definition) is 1. The minimum Gasteiger partial charge on any atom is -0.478 e. The van der Waals surface area contributed by atoms with Gasteiger partial charge in [-0.2, -0.15) is 0 Å². The lowest BCUT2D eigenvalue weighted by molar-refractivity contribution is 0.0698. The van der Waals surface area contributed by atoms with E-state index in [0.717, 1.165) is 11.1 Å². The van der Waals surface area contributed by atoms with E-state index in [1.807, 2.05) is 26.0 Å². The van der Waals surface area contributed by atoms with E-state index in [2.05, 4.69) is 0 Å². The summed E-state index contributed by atoms with van der Waals surface area (Å²) < 4.78 is 1.51. The van der Waals surface area contributed by atoms with Crippen LogP contribution in [0.25, 0.3) is 10.9 Å². The predicted molar refractivity (Wildman–Crippen MR) is 70.4 cm³/mol. The lowest BCUT2D eigenvalue weighted by Gasteiger charge is -2.13. The number of carboxylic acids is 1. The van der Waals surface area contributed by atoms with Gasteiger partial charge in [-0.25, -0.2) is 4.79 Å². The van der Waals surface area contributed by atoms with Crippen molar-refractivity contribution in [1.29, 1.82) is 0 Å². The van der Waals surface area contributed by atoms with Crippen LogP contribution in [-0.4, -0.2) is 15.6 Å². The van der Waals surface area contributed by atoms with Crippen LogP contribution < -0.4 is 5.56 Å². The molecule has 1 aromatic heterocycles. The van der Waals surface area contributed by atoms with Crippen molar-refractivity contribution < 1.29 is 9.90 Å². The van der Waals surface area contributed by atoms with Crippen molar-refractivity contribution in [1.82, 2.24) is 4.57 Å². The van der Waals surface area contributed by atoms with E-state index in [4.69, 9.17) is 0 Å². The third kappa shape index (κ3) is 1.61. The number of carboxylic acid groups (broad SMARTS) is 1. The number of benzene rings is 1. The van der Waals surface area contributed by atoms with Gasteiger partial charge in [0.05, 0.1) is 11.1 Å². The van der Waals surface area contributed by atoms with Crippen molar-refractivity contribution in [3.63, 3.8) is 0 Å². The summed E-state index contributed by atoms with van der Waals surface area (Å²) >= 11 is 0. The van der Waals surface area contributed by atoms with Crippen molar-refractivity contribution in [2.45, 2.75) is 20.8 Å². The summed E-state index contributed by atoms with van der Waals surface area (Å²) in [4.78, 5) is 23.4. The van der Waals surface area contributed by atoms with Gasteiger partial charge in [0.25, 0.3) is 5.56 Å². The SMILES string of the molecule is Cc1cc(C)c2c(C(=O)O)c(C)c(=O)n(C)c2c1. The molecule has 94 valence electrons. The molecular weight excluding hydrogens is 230 g/mol. The van der Waals surface area contributed by atoms with Crippen LogP contribution in [0.3, 0.4) is 0 Å². The Kier molecular flexibility index (Phi) is 2.73. The van der Waals surface area contributed by atoms with Crippen LogP contribution in [-0.2, 0) is 7.05 Å². The summed E-state index contributed by atoms with van der Waals surface area (Å²) in [7, 11) is 1.67. The fourth-order valence-electron chi connectivity index (χ4n) is 2.46. The Morgan fingerprint density at radius 2 is 1.83 bits per heavy atom. The van der Waals surface area contributed by atoms with Crippen molar-refractivity contribution in [2.75, 3.05) is 0 Å². The third-order valence-electron chi connectivity index (χ3n) is 3.28. The highest BCUT2D eigenvalue weighted by molar-refractivity contribution is 6.05. The van der Waals surface area contributed by atoms with Gasteiger partial charge in [-0.05, 0) is 38.0 Å². The molecule has 1 aromatic carbocycles. The van der Waals surface area contributed by atoms with Gasteiger partial charge in [0.15, 0.2) is 0 Å². The number of carbonyl (C=O) groups is 1. The molecule has 0 bridgehead atoms. The molecule has 0 amide bonds. The largest absolute Gasteiger partial charge is 0.478 e. The summed E-state index contributed by atoms with van der Waals surface area (Å²) in [6.07, 6.45) is 0. The molecule has 1 N–H and O–H groups in total. The first kappa shape index (κ1) is 12.4. The van der Waals surface area contributed by atoms with Crippen LogP contribution >= 0.6 is 0 Å². The minimum atomic E-state index is -1.05. The lowest BCUT2D eigenvalue weighted by atomic mass is 9.98. The second-order valence-corrected chi connectivity index (χ2v) is 4.65. The fourth-order valence-corrected chi connectivity index (χ4v) is 2.46. The molecule has 0 fully saturated rings. The average Bonchev–Trinajstić information content (AvgIpc) is 2.27. The molecule has 0 spiro atoms. The van der Waals surface area contributed by atoms with Crippen molar-refractivity contribution in [3.05, 3.63) is 44.7 Å². The van der Waals surface area contributed by atoms with E-state index in [-0.39, 0.29) is 16.7 Å². The normalized spacial score (nSPS) is 10.9. The van der Waals surface area contributed by atoms with E-state index < -0.39 is 5.97 Å². The smallest absolute Gasteiger partial charge is 0.336 e. The maximum absolute atomic E-state index is 12.0. The summed E-state index contributed by atoms with van der Waals surface area (Å²) in [5.74, 6) is -1.05. The standard InChI is InChI=1S/C14H15NO3/c1-7-5-8(2)11-10(6-7)15(4)13(16)9(3)12(11)14(17)18/h5-6H,1-4H3,(H,17,18). The molecule has 0 aliphatic rings. The zero-order valence-corrected chi connectivity index (χ0v) is 10.9. The molecule has 0 unspecified atom stereocenters. The molecule has 0 saturated heterocycles.